The molecule has 1 atom stereocenters. The van der Waals surface area contributed by atoms with Crippen molar-refractivity contribution >= 4 is 5.91 Å². The van der Waals surface area contributed by atoms with Crippen LogP contribution in [0.1, 0.15) is 12.8 Å². The molecule has 0 aliphatic rings. The summed E-state index contributed by atoms with van der Waals surface area (Å²) in [6.45, 7) is 3.11. The molecule has 1 unspecified atom stereocenters. The zero-order valence-corrected chi connectivity index (χ0v) is 12.7. The summed E-state index contributed by atoms with van der Waals surface area (Å²) in [6, 6.07) is 9.07. The number of aromatic nitrogens is 2. The fourth-order valence-electron chi connectivity index (χ4n) is 1.99. The van der Waals surface area contributed by atoms with Gasteiger partial charge in [-0.1, -0.05) is 18.2 Å². The average molecular weight is 304 g/mol. The van der Waals surface area contributed by atoms with E-state index in [1.54, 1.807) is 14.0 Å². The second-order valence-electron chi connectivity index (χ2n) is 4.91. The number of nitrogens with two attached hydrogens (primary N) is 1. The van der Waals surface area contributed by atoms with E-state index in [1.165, 1.54) is 0 Å². The van der Waals surface area contributed by atoms with Gasteiger partial charge in [0.1, 0.15) is 0 Å². The number of carbonyl (C=O) groups excluding carboxylic acids is 1. The van der Waals surface area contributed by atoms with Crippen LogP contribution < -0.4 is 5.73 Å². The van der Waals surface area contributed by atoms with Crippen molar-refractivity contribution in [2.24, 2.45) is 5.73 Å². The van der Waals surface area contributed by atoms with Gasteiger partial charge in [-0.3, -0.25) is 9.69 Å². The topological polar surface area (TPSA) is 94.5 Å². The molecule has 0 spiro atoms. The highest BCUT2D eigenvalue weighted by Crippen LogP contribution is 2.18. The van der Waals surface area contributed by atoms with E-state index in [0.29, 0.717) is 31.5 Å². The van der Waals surface area contributed by atoms with E-state index in [1.807, 2.05) is 35.2 Å². The zero-order chi connectivity index (χ0) is 15.9. The van der Waals surface area contributed by atoms with Crippen molar-refractivity contribution in [3.05, 3.63) is 36.2 Å². The fraction of sp³-hybridized carbons (Fsp3) is 0.400. The molecule has 118 valence electrons. The number of hydrogen-bond acceptors (Lipinski definition) is 6. The lowest BCUT2D eigenvalue weighted by Crippen LogP contribution is -2.43. The van der Waals surface area contributed by atoms with Crippen molar-refractivity contribution in [1.82, 2.24) is 15.1 Å². The normalized spacial score (nSPS) is 12.5. The van der Waals surface area contributed by atoms with Gasteiger partial charge in [-0.05, 0) is 19.1 Å². The maximum absolute atomic E-state index is 11.4. The Labute approximate surface area is 129 Å². The van der Waals surface area contributed by atoms with Crippen LogP contribution in [0, 0.1) is 0 Å². The Morgan fingerprint density at radius 2 is 2.09 bits per heavy atom. The van der Waals surface area contributed by atoms with Crippen LogP contribution in [0.15, 0.2) is 34.7 Å². The molecule has 1 heterocycles. The smallest absolute Gasteiger partial charge is 0.247 e. The van der Waals surface area contributed by atoms with Gasteiger partial charge in [-0.2, -0.15) is 0 Å². The number of hydrogen-bond donors (Lipinski definition) is 1. The number of primary amides is 1. The molecule has 0 saturated carbocycles. The summed E-state index contributed by atoms with van der Waals surface area (Å²) in [5.74, 6) is 0.482. The molecule has 0 aliphatic heterocycles. The predicted octanol–water partition coefficient (Wildman–Crippen LogP) is 1.06. The van der Waals surface area contributed by atoms with E-state index in [9.17, 15) is 4.79 Å². The first-order chi connectivity index (χ1) is 10.6. The van der Waals surface area contributed by atoms with E-state index >= 15 is 0 Å². The van der Waals surface area contributed by atoms with Crippen LogP contribution in [0.2, 0.25) is 0 Å². The predicted molar refractivity (Wildman–Crippen MR) is 80.7 cm³/mol. The van der Waals surface area contributed by atoms with Gasteiger partial charge >= 0.3 is 0 Å². The van der Waals surface area contributed by atoms with Crippen molar-refractivity contribution in [2.75, 3.05) is 20.3 Å². The van der Waals surface area contributed by atoms with Crippen LogP contribution in [-0.2, 0) is 16.1 Å². The summed E-state index contributed by atoms with van der Waals surface area (Å²) in [6.07, 6.45) is 0. The van der Waals surface area contributed by atoms with Gasteiger partial charge in [-0.15, -0.1) is 10.2 Å². The molecule has 0 saturated heterocycles. The third-order valence-corrected chi connectivity index (χ3v) is 3.37. The second kappa shape index (κ2) is 7.67. The molecule has 22 heavy (non-hydrogen) atoms. The van der Waals surface area contributed by atoms with Crippen molar-refractivity contribution in [3.63, 3.8) is 0 Å². The summed E-state index contributed by atoms with van der Waals surface area (Å²) >= 11 is 0. The van der Waals surface area contributed by atoms with Gasteiger partial charge in [0.05, 0.1) is 19.2 Å². The lowest BCUT2D eigenvalue weighted by Gasteiger charge is -2.24. The molecule has 2 aromatic rings. The molecule has 0 radical (unpaired) electrons. The SMILES string of the molecule is COCCN(Cc1nnc(-c2ccccc2)o1)C(C)C(N)=O. The summed E-state index contributed by atoms with van der Waals surface area (Å²) in [7, 11) is 1.60. The maximum atomic E-state index is 11.4. The number of rotatable bonds is 8. The Balaban J connectivity index is 2.10. The van der Waals surface area contributed by atoms with Crippen molar-refractivity contribution in [3.8, 4) is 11.5 Å². The van der Waals surface area contributed by atoms with Crippen LogP contribution in [0.5, 0.6) is 0 Å². The van der Waals surface area contributed by atoms with Crippen LogP contribution in [0.3, 0.4) is 0 Å². The summed E-state index contributed by atoms with van der Waals surface area (Å²) in [4.78, 5) is 13.2. The number of amides is 1. The quantitative estimate of drug-likeness (QED) is 0.783. The summed E-state index contributed by atoms with van der Waals surface area (Å²) in [5, 5.41) is 8.06. The van der Waals surface area contributed by atoms with E-state index in [-0.39, 0.29) is 0 Å². The minimum Gasteiger partial charge on any atom is -0.419 e. The Morgan fingerprint density at radius 1 is 1.36 bits per heavy atom. The van der Waals surface area contributed by atoms with E-state index < -0.39 is 11.9 Å². The first-order valence-electron chi connectivity index (χ1n) is 7.02. The molecule has 0 bridgehead atoms. The second-order valence-corrected chi connectivity index (χ2v) is 4.91. The molecular weight excluding hydrogens is 284 g/mol. The Bertz CT molecular complexity index is 600. The number of methoxy groups -OCH3 is 1. The van der Waals surface area contributed by atoms with Gasteiger partial charge in [-0.25, -0.2) is 0 Å². The first-order valence-corrected chi connectivity index (χ1v) is 7.02. The van der Waals surface area contributed by atoms with Crippen LogP contribution in [0.25, 0.3) is 11.5 Å². The maximum Gasteiger partial charge on any atom is 0.247 e. The highest BCUT2D eigenvalue weighted by atomic mass is 16.5. The number of nitrogens with zero attached hydrogens (tertiary/aromatic N) is 3. The van der Waals surface area contributed by atoms with Crippen molar-refractivity contribution in [1.29, 1.82) is 0 Å². The van der Waals surface area contributed by atoms with Gasteiger partial charge < -0.3 is 14.9 Å². The van der Waals surface area contributed by atoms with E-state index in [0.717, 1.165) is 5.56 Å². The van der Waals surface area contributed by atoms with E-state index in [4.69, 9.17) is 14.9 Å². The number of carbonyl (C=O) groups is 1. The zero-order valence-electron chi connectivity index (χ0n) is 12.7. The van der Waals surface area contributed by atoms with Crippen molar-refractivity contribution in [2.45, 2.75) is 19.5 Å². The fourth-order valence-corrected chi connectivity index (χ4v) is 1.99. The minimum absolute atomic E-state index is 0.341. The molecule has 7 nitrogen and oxygen atoms in total. The third-order valence-electron chi connectivity index (χ3n) is 3.37. The average Bonchev–Trinajstić information content (AvgIpc) is 3.00. The molecular formula is C15H20N4O3. The number of ether oxygens (including phenoxy) is 1. The summed E-state index contributed by atoms with van der Waals surface area (Å²) < 4.78 is 10.7. The van der Waals surface area contributed by atoms with Gasteiger partial charge in [0.2, 0.25) is 17.7 Å². The molecule has 7 heteroatoms. The minimum atomic E-state index is -0.442. The molecule has 1 amide bonds. The molecule has 0 fully saturated rings. The van der Waals surface area contributed by atoms with E-state index in [2.05, 4.69) is 10.2 Å². The molecule has 1 aromatic heterocycles. The Kier molecular flexibility index (Phi) is 5.62. The summed E-state index contributed by atoms with van der Waals surface area (Å²) in [5.41, 5.74) is 6.22. The standard InChI is InChI=1S/C15H20N4O3/c1-11(14(16)20)19(8-9-21-2)10-13-17-18-15(22-13)12-6-4-3-5-7-12/h3-7,11H,8-10H2,1-2H3,(H2,16,20). The van der Waals surface area contributed by atoms with Crippen LogP contribution in [-0.4, -0.2) is 47.3 Å². The van der Waals surface area contributed by atoms with Crippen molar-refractivity contribution < 1.29 is 13.9 Å². The third kappa shape index (κ3) is 4.12. The molecule has 2 N–H and O–H groups in total. The lowest BCUT2D eigenvalue weighted by molar-refractivity contribution is -0.123. The first kappa shape index (κ1) is 16.1. The van der Waals surface area contributed by atoms with Gasteiger partial charge in [0.15, 0.2) is 0 Å². The van der Waals surface area contributed by atoms with Gasteiger partial charge in [0.25, 0.3) is 0 Å². The largest absolute Gasteiger partial charge is 0.419 e. The van der Waals surface area contributed by atoms with Crippen LogP contribution >= 0.6 is 0 Å². The van der Waals surface area contributed by atoms with Crippen LogP contribution in [0.4, 0.5) is 0 Å². The molecule has 0 aliphatic carbocycles. The van der Waals surface area contributed by atoms with Gasteiger partial charge in [0, 0.05) is 19.2 Å². The molecule has 2 rings (SSSR count). The molecule has 1 aromatic carbocycles. The Morgan fingerprint density at radius 3 is 2.73 bits per heavy atom. The lowest BCUT2D eigenvalue weighted by atomic mass is 10.2. The monoisotopic (exact) mass is 304 g/mol. The highest BCUT2D eigenvalue weighted by Gasteiger charge is 2.21. The number of benzene rings is 1. The highest BCUT2D eigenvalue weighted by molar-refractivity contribution is 5.79. The Hall–Kier alpha value is -2.25.